The number of rotatable bonds is 4. The van der Waals surface area contributed by atoms with Gasteiger partial charge in [-0.05, 0) is 25.5 Å². The summed E-state index contributed by atoms with van der Waals surface area (Å²) in [5.41, 5.74) is 3.34. The summed E-state index contributed by atoms with van der Waals surface area (Å²) in [6.07, 6.45) is 1.62. The van der Waals surface area contributed by atoms with E-state index in [0.29, 0.717) is 11.1 Å². The molecule has 0 bridgehead atoms. The Balaban J connectivity index is 1.69. The fourth-order valence-corrected chi connectivity index (χ4v) is 2.53. The number of furan rings is 1. The van der Waals surface area contributed by atoms with E-state index in [-0.39, 0.29) is 0 Å². The number of hydrogen-bond acceptors (Lipinski definition) is 5. The number of aryl methyl sites for hydroxylation is 2. The van der Waals surface area contributed by atoms with Crippen LogP contribution < -0.4 is 0 Å². The van der Waals surface area contributed by atoms with Crippen LogP contribution in [0.15, 0.2) is 50.7 Å². The normalized spacial score (nSPS) is 10.9. The summed E-state index contributed by atoms with van der Waals surface area (Å²) in [7, 11) is 0. The lowest BCUT2D eigenvalue weighted by atomic mass is 10.2. The van der Waals surface area contributed by atoms with Crippen molar-refractivity contribution in [3.63, 3.8) is 0 Å². The van der Waals surface area contributed by atoms with Crippen LogP contribution in [-0.2, 0) is 5.75 Å². The largest absolute Gasteiger partial charge is 0.469 e. The molecule has 0 atom stereocenters. The van der Waals surface area contributed by atoms with E-state index in [0.717, 1.165) is 17.1 Å². The summed E-state index contributed by atoms with van der Waals surface area (Å²) < 4.78 is 10.9. The van der Waals surface area contributed by atoms with Crippen LogP contribution in [0.1, 0.15) is 16.9 Å². The zero-order valence-corrected chi connectivity index (χ0v) is 12.1. The van der Waals surface area contributed by atoms with Gasteiger partial charge in [0.25, 0.3) is 11.1 Å². The van der Waals surface area contributed by atoms with Gasteiger partial charge in [0.05, 0.1) is 11.8 Å². The quantitative estimate of drug-likeness (QED) is 0.671. The van der Waals surface area contributed by atoms with Gasteiger partial charge in [-0.25, -0.2) is 0 Å². The monoisotopic (exact) mass is 286 g/mol. The molecule has 2 heterocycles. The molecule has 20 heavy (non-hydrogen) atoms. The molecule has 0 N–H and O–H groups in total. The number of thioether (sulfide) groups is 1. The zero-order chi connectivity index (χ0) is 13.9. The van der Waals surface area contributed by atoms with Gasteiger partial charge in [-0.2, -0.15) is 0 Å². The van der Waals surface area contributed by atoms with E-state index < -0.39 is 0 Å². The van der Waals surface area contributed by atoms with Gasteiger partial charge in [0.2, 0.25) is 0 Å². The Morgan fingerprint density at radius 1 is 1.05 bits per heavy atom. The Bertz CT molecular complexity index is 701. The minimum atomic E-state index is 0.502. The third-order valence-corrected chi connectivity index (χ3v) is 3.87. The number of hydrogen-bond donors (Lipinski definition) is 0. The first-order valence-electron chi connectivity index (χ1n) is 6.29. The van der Waals surface area contributed by atoms with Crippen LogP contribution in [-0.4, -0.2) is 10.2 Å². The maximum absolute atomic E-state index is 5.64. The van der Waals surface area contributed by atoms with Crippen molar-refractivity contribution < 1.29 is 8.83 Å². The zero-order valence-electron chi connectivity index (χ0n) is 11.3. The molecule has 3 rings (SSSR count). The minimum Gasteiger partial charge on any atom is -0.469 e. The van der Waals surface area contributed by atoms with Crippen LogP contribution in [0.2, 0.25) is 0 Å². The van der Waals surface area contributed by atoms with E-state index in [2.05, 4.69) is 41.4 Å². The van der Waals surface area contributed by atoms with Crippen molar-refractivity contribution in [3.05, 3.63) is 53.5 Å². The molecular formula is C15H14N2O2S. The average molecular weight is 286 g/mol. The molecule has 0 amide bonds. The van der Waals surface area contributed by atoms with Gasteiger partial charge in [-0.1, -0.05) is 41.6 Å². The molecule has 102 valence electrons. The van der Waals surface area contributed by atoms with Gasteiger partial charge in [-0.3, -0.25) is 0 Å². The molecule has 0 aliphatic heterocycles. The van der Waals surface area contributed by atoms with Crippen LogP contribution in [0.5, 0.6) is 0 Å². The molecule has 0 spiro atoms. The molecule has 0 aliphatic carbocycles. The predicted octanol–water partition coefficient (Wildman–Crippen LogP) is 4.24. The summed E-state index contributed by atoms with van der Waals surface area (Å²) in [4.78, 5) is 0. The van der Waals surface area contributed by atoms with E-state index >= 15 is 0 Å². The number of nitrogens with zero attached hydrogens (tertiary/aromatic N) is 2. The standard InChI is InChI=1S/C15H14N2O2S/c1-10-3-5-12(6-4-10)9-20-15-17-16-14(19-15)13-7-8-18-11(13)2/h3-8H,9H2,1-2H3. The molecule has 5 heteroatoms. The lowest BCUT2D eigenvalue weighted by Crippen LogP contribution is -1.81. The Labute approximate surface area is 121 Å². The molecular weight excluding hydrogens is 272 g/mol. The highest BCUT2D eigenvalue weighted by Gasteiger charge is 2.13. The summed E-state index contributed by atoms with van der Waals surface area (Å²) in [6, 6.07) is 10.3. The van der Waals surface area contributed by atoms with E-state index in [1.165, 1.54) is 22.9 Å². The maximum atomic E-state index is 5.64. The molecule has 0 fully saturated rings. The first kappa shape index (κ1) is 13.0. The molecule has 3 aromatic rings. The van der Waals surface area contributed by atoms with Gasteiger partial charge >= 0.3 is 0 Å². The molecule has 1 aromatic carbocycles. The average Bonchev–Trinajstić information content (AvgIpc) is 3.06. The van der Waals surface area contributed by atoms with Crippen LogP contribution in [0, 0.1) is 13.8 Å². The van der Waals surface area contributed by atoms with E-state index in [4.69, 9.17) is 8.83 Å². The maximum Gasteiger partial charge on any atom is 0.277 e. The van der Waals surface area contributed by atoms with Crippen molar-refractivity contribution in [2.75, 3.05) is 0 Å². The molecule has 0 unspecified atom stereocenters. The summed E-state index contributed by atoms with van der Waals surface area (Å²) >= 11 is 1.53. The molecule has 2 aromatic heterocycles. The fraction of sp³-hybridized carbons (Fsp3) is 0.200. The fourth-order valence-electron chi connectivity index (χ4n) is 1.81. The van der Waals surface area contributed by atoms with Crippen LogP contribution in [0.3, 0.4) is 0 Å². The topological polar surface area (TPSA) is 52.1 Å². The highest BCUT2D eigenvalue weighted by atomic mass is 32.2. The van der Waals surface area contributed by atoms with Crippen LogP contribution in [0.4, 0.5) is 0 Å². The highest BCUT2D eigenvalue weighted by molar-refractivity contribution is 7.98. The number of aromatic nitrogens is 2. The third kappa shape index (κ3) is 2.77. The van der Waals surface area contributed by atoms with Gasteiger partial charge in [0.15, 0.2) is 0 Å². The van der Waals surface area contributed by atoms with Gasteiger partial charge in [0, 0.05) is 5.75 Å². The summed E-state index contributed by atoms with van der Waals surface area (Å²) in [5.74, 6) is 2.10. The molecule has 4 nitrogen and oxygen atoms in total. The SMILES string of the molecule is Cc1ccc(CSc2nnc(-c3ccoc3C)o2)cc1. The van der Waals surface area contributed by atoms with Crippen molar-refractivity contribution in [1.29, 1.82) is 0 Å². The van der Waals surface area contributed by atoms with Crippen molar-refractivity contribution in [2.45, 2.75) is 24.8 Å². The van der Waals surface area contributed by atoms with Gasteiger partial charge in [0.1, 0.15) is 5.76 Å². The van der Waals surface area contributed by atoms with Crippen molar-refractivity contribution in [3.8, 4) is 11.5 Å². The summed E-state index contributed by atoms with van der Waals surface area (Å²) in [6.45, 7) is 3.95. The molecule has 0 saturated heterocycles. The van der Waals surface area contributed by atoms with Crippen molar-refractivity contribution in [2.24, 2.45) is 0 Å². The second-order valence-corrected chi connectivity index (χ2v) is 5.46. The van der Waals surface area contributed by atoms with Crippen molar-refractivity contribution >= 4 is 11.8 Å². The minimum absolute atomic E-state index is 0.502. The smallest absolute Gasteiger partial charge is 0.277 e. The van der Waals surface area contributed by atoms with Crippen molar-refractivity contribution in [1.82, 2.24) is 10.2 Å². The lowest BCUT2D eigenvalue weighted by Gasteiger charge is -1.98. The Kier molecular flexibility index (Phi) is 3.60. The second-order valence-electron chi connectivity index (χ2n) is 4.54. The molecule has 0 saturated carbocycles. The highest BCUT2D eigenvalue weighted by Crippen LogP contribution is 2.27. The molecule has 0 radical (unpaired) electrons. The Morgan fingerprint density at radius 2 is 1.85 bits per heavy atom. The first-order chi connectivity index (χ1) is 9.72. The second kappa shape index (κ2) is 5.54. The van der Waals surface area contributed by atoms with E-state index in [1.807, 2.05) is 13.0 Å². The Morgan fingerprint density at radius 3 is 2.55 bits per heavy atom. The van der Waals surface area contributed by atoms with E-state index in [1.54, 1.807) is 6.26 Å². The van der Waals surface area contributed by atoms with Gasteiger partial charge < -0.3 is 8.83 Å². The van der Waals surface area contributed by atoms with Crippen LogP contribution in [0.25, 0.3) is 11.5 Å². The predicted molar refractivity (Wildman–Crippen MR) is 77.5 cm³/mol. The lowest BCUT2D eigenvalue weighted by molar-refractivity contribution is 0.463. The molecule has 0 aliphatic rings. The first-order valence-corrected chi connectivity index (χ1v) is 7.27. The van der Waals surface area contributed by atoms with Gasteiger partial charge in [-0.15, -0.1) is 10.2 Å². The Hall–Kier alpha value is -2.01. The summed E-state index contributed by atoms with van der Waals surface area (Å²) in [5, 5.41) is 8.67. The van der Waals surface area contributed by atoms with Crippen LogP contribution >= 0.6 is 11.8 Å². The third-order valence-electron chi connectivity index (χ3n) is 2.98. The number of benzene rings is 1. The van der Waals surface area contributed by atoms with E-state index in [9.17, 15) is 0 Å².